The monoisotopic (exact) mass is 316 g/mol. The molecule has 0 radical (unpaired) electrons. The van der Waals surface area contributed by atoms with Gasteiger partial charge in [-0.25, -0.2) is 4.79 Å². The van der Waals surface area contributed by atoms with Gasteiger partial charge in [-0.05, 0) is 35.1 Å². The fourth-order valence-electron chi connectivity index (χ4n) is 2.52. The number of rotatable bonds is 7. The van der Waals surface area contributed by atoms with Crippen LogP contribution in [0, 0.1) is 0 Å². The second-order valence-electron chi connectivity index (χ2n) is 4.91. The third-order valence-corrected chi connectivity index (χ3v) is 3.53. The molecule has 2 aromatic rings. The van der Waals surface area contributed by atoms with Crippen LogP contribution in [-0.2, 0) is 16.0 Å². The Balaban J connectivity index is 2.77. The molecule has 1 N–H and O–H groups in total. The van der Waals surface area contributed by atoms with E-state index in [9.17, 15) is 4.79 Å². The number of carboxylic acids is 1. The van der Waals surface area contributed by atoms with Crippen LogP contribution in [0.4, 0.5) is 0 Å². The van der Waals surface area contributed by atoms with Gasteiger partial charge < -0.3 is 19.3 Å². The topological polar surface area (TPSA) is 65.0 Å². The first-order valence-electron chi connectivity index (χ1n) is 7.27. The first kappa shape index (κ1) is 16.8. The fraction of sp³-hybridized carbons (Fsp3) is 0.278. The number of carbonyl (C=O) groups is 1. The molecule has 0 spiro atoms. The minimum absolute atomic E-state index is 0.105. The van der Waals surface area contributed by atoms with E-state index in [1.54, 1.807) is 26.4 Å². The molecular weight excluding hydrogens is 296 g/mol. The van der Waals surface area contributed by atoms with Crippen molar-refractivity contribution in [2.75, 3.05) is 21.0 Å². The number of aryl methyl sites for hydroxylation is 1. The smallest absolute Gasteiger partial charge is 0.328 e. The Hall–Kier alpha value is -2.53. The highest BCUT2D eigenvalue weighted by atomic mass is 16.7. The lowest BCUT2D eigenvalue weighted by Crippen LogP contribution is -2.03. The lowest BCUT2D eigenvalue weighted by atomic mass is 9.97. The molecule has 5 nitrogen and oxygen atoms in total. The lowest BCUT2D eigenvalue weighted by Gasteiger charge is -2.17. The van der Waals surface area contributed by atoms with Crippen LogP contribution < -0.4 is 9.47 Å². The number of hydrogen-bond donors (Lipinski definition) is 1. The molecule has 0 saturated carbocycles. The average molecular weight is 316 g/mol. The van der Waals surface area contributed by atoms with E-state index in [-0.39, 0.29) is 6.79 Å². The van der Waals surface area contributed by atoms with Gasteiger partial charge >= 0.3 is 5.97 Å². The Kier molecular flexibility index (Phi) is 5.60. The predicted octanol–water partition coefficient (Wildman–Crippen LogP) is 3.49. The highest BCUT2D eigenvalue weighted by molar-refractivity contribution is 6.00. The van der Waals surface area contributed by atoms with Crippen LogP contribution in [0.1, 0.15) is 18.1 Å². The van der Waals surface area contributed by atoms with Crippen molar-refractivity contribution in [1.82, 2.24) is 0 Å². The largest absolute Gasteiger partial charge is 0.493 e. The van der Waals surface area contributed by atoms with Crippen LogP contribution in [0.5, 0.6) is 11.5 Å². The van der Waals surface area contributed by atoms with E-state index in [0.29, 0.717) is 11.5 Å². The maximum Gasteiger partial charge on any atom is 0.328 e. The maximum atomic E-state index is 10.8. The van der Waals surface area contributed by atoms with Crippen molar-refractivity contribution in [3.8, 4) is 11.5 Å². The van der Waals surface area contributed by atoms with Crippen LogP contribution >= 0.6 is 0 Å². The Morgan fingerprint density at radius 3 is 2.70 bits per heavy atom. The van der Waals surface area contributed by atoms with Crippen LogP contribution in [-0.4, -0.2) is 32.1 Å². The summed E-state index contributed by atoms with van der Waals surface area (Å²) in [5.41, 5.74) is 1.86. The van der Waals surface area contributed by atoms with Gasteiger partial charge in [-0.15, -0.1) is 0 Å². The van der Waals surface area contributed by atoms with Gasteiger partial charge in [0.2, 0.25) is 0 Å². The molecule has 0 aromatic heterocycles. The normalized spacial score (nSPS) is 11.1. The average Bonchev–Trinajstić information content (AvgIpc) is 2.57. The van der Waals surface area contributed by atoms with E-state index in [4.69, 9.17) is 19.3 Å². The number of benzene rings is 2. The predicted molar refractivity (Wildman–Crippen MR) is 89.1 cm³/mol. The minimum Gasteiger partial charge on any atom is -0.493 e. The second kappa shape index (κ2) is 7.65. The van der Waals surface area contributed by atoms with E-state index >= 15 is 0 Å². The van der Waals surface area contributed by atoms with Crippen LogP contribution in [0.25, 0.3) is 16.8 Å². The minimum atomic E-state index is -0.997. The molecular formula is C18H20O5. The van der Waals surface area contributed by atoms with Crippen molar-refractivity contribution in [3.63, 3.8) is 0 Å². The maximum absolute atomic E-state index is 10.8. The lowest BCUT2D eigenvalue weighted by molar-refractivity contribution is -0.131. The number of hydrogen-bond acceptors (Lipinski definition) is 4. The van der Waals surface area contributed by atoms with Gasteiger partial charge in [-0.3, -0.25) is 0 Å². The Morgan fingerprint density at radius 2 is 2.09 bits per heavy atom. The van der Waals surface area contributed by atoms with Crippen LogP contribution in [0.2, 0.25) is 0 Å². The SMILES string of the molecule is CCc1cccc2c(C=CC(=O)O)cc(OC)c(OCOC)c12. The van der Waals surface area contributed by atoms with Crippen molar-refractivity contribution in [2.24, 2.45) is 0 Å². The summed E-state index contributed by atoms with van der Waals surface area (Å²) >= 11 is 0. The van der Waals surface area contributed by atoms with Gasteiger partial charge in [0.15, 0.2) is 18.3 Å². The zero-order chi connectivity index (χ0) is 16.8. The molecule has 23 heavy (non-hydrogen) atoms. The molecule has 2 aromatic carbocycles. The zero-order valence-corrected chi connectivity index (χ0v) is 13.5. The van der Waals surface area contributed by atoms with E-state index in [1.807, 2.05) is 18.2 Å². The quantitative estimate of drug-likeness (QED) is 0.625. The Morgan fingerprint density at radius 1 is 1.30 bits per heavy atom. The Labute approximate surface area is 135 Å². The highest BCUT2D eigenvalue weighted by Gasteiger charge is 2.16. The van der Waals surface area contributed by atoms with Crippen molar-refractivity contribution in [1.29, 1.82) is 0 Å². The number of ether oxygens (including phenoxy) is 3. The summed E-state index contributed by atoms with van der Waals surface area (Å²) in [5, 5.41) is 10.7. The van der Waals surface area contributed by atoms with Crippen molar-refractivity contribution < 1.29 is 24.1 Å². The van der Waals surface area contributed by atoms with E-state index in [2.05, 4.69) is 6.92 Å². The van der Waals surface area contributed by atoms with Gasteiger partial charge in [0, 0.05) is 18.6 Å². The molecule has 0 fully saturated rings. The van der Waals surface area contributed by atoms with Gasteiger partial charge in [0.25, 0.3) is 0 Å². The summed E-state index contributed by atoms with van der Waals surface area (Å²) in [7, 11) is 3.11. The number of methoxy groups -OCH3 is 2. The number of fused-ring (bicyclic) bond motifs is 1. The summed E-state index contributed by atoms with van der Waals surface area (Å²) in [6.07, 6.45) is 3.49. The summed E-state index contributed by atoms with van der Waals surface area (Å²) in [4.78, 5) is 10.8. The Bertz CT molecular complexity index is 734. The van der Waals surface area contributed by atoms with Gasteiger partial charge in [0.05, 0.1) is 7.11 Å². The van der Waals surface area contributed by atoms with Crippen molar-refractivity contribution in [2.45, 2.75) is 13.3 Å². The second-order valence-corrected chi connectivity index (χ2v) is 4.91. The van der Waals surface area contributed by atoms with Gasteiger partial charge in [-0.2, -0.15) is 0 Å². The molecule has 0 amide bonds. The van der Waals surface area contributed by atoms with Crippen molar-refractivity contribution in [3.05, 3.63) is 41.5 Å². The first-order valence-corrected chi connectivity index (χ1v) is 7.27. The van der Waals surface area contributed by atoms with E-state index < -0.39 is 5.97 Å². The number of aliphatic carboxylic acids is 1. The summed E-state index contributed by atoms with van der Waals surface area (Å²) in [6, 6.07) is 7.68. The molecule has 0 bridgehead atoms. The van der Waals surface area contributed by atoms with Crippen LogP contribution in [0.15, 0.2) is 30.3 Å². The molecule has 0 heterocycles. The molecule has 0 saturated heterocycles. The third-order valence-electron chi connectivity index (χ3n) is 3.53. The molecule has 0 aliphatic heterocycles. The molecule has 0 aliphatic carbocycles. The number of carboxylic acid groups (broad SMARTS) is 1. The standard InChI is InChI=1S/C18H20O5/c1-4-12-6-5-7-14-13(8-9-16(19)20)10-15(22-3)18(17(12)14)23-11-21-2/h5-10H,4,11H2,1-3H3,(H,19,20). The molecule has 5 heteroatoms. The van der Waals surface area contributed by atoms with Crippen molar-refractivity contribution >= 4 is 22.8 Å². The molecule has 122 valence electrons. The summed E-state index contributed by atoms with van der Waals surface area (Å²) < 4.78 is 16.2. The zero-order valence-electron chi connectivity index (χ0n) is 13.5. The van der Waals surface area contributed by atoms with Gasteiger partial charge in [0.1, 0.15) is 0 Å². The van der Waals surface area contributed by atoms with E-state index in [1.165, 1.54) is 0 Å². The van der Waals surface area contributed by atoms with Crippen LogP contribution in [0.3, 0.4) is 0 Å². The molecule has 2 rings (SSSR count). The van der Waals surface area contributed by atoms with E-state index in [0.717, 1.165) is 34.4 Å². The highest BCUT2D eigenvalue weighted by Crippen LogP contribution is 2.40. The molecule has 0 unspecified atom stereocenters. The summed E-state index contributed by atoms with van der Waals surface area (Å²) in [6.45, 7) is 2.16. The first-order chi connectivity index (χ1) is 11.1. The third kappa shape index (κ3) is 3.63. The van der Waals surface area contributed by atoms with Gasteiger partial charge in [-0.1, -0.05) is 25.1 Å². The summed E-state index contributed by atoms with van der Waals surface area (Å²) in [5.74, 6) is 0.151. The fourth-order valence-corrected chi connectivity index (χ4v) is 2.52. The molecule has 0 aliphatic rings. The molecule has 0 atom stereocenters.